The lowest BCUT2D eigenvalue weighted by atomic mass is 10.2. The number of amides is 1. The van der Waals surface area contributed by atoms with Crippen LogP contribution in [0, 0.1) is 5.82 Å². The van der Waals surface area contributed by atoms with E-state index in [0.717, 1.165) is 24.3 Å². The molecule has 1 amide bonds. The van der Waals surface area contributed by atoms with Gasteiger partial charge < -0.3 is 10.2 Å². The number of carbonyl (C=O) groups is 1. The van der Waals surface area contributed by atoms with Gasteiger partial charge in [-0.15, -0.1) is 0 Å². The second-order valence-corrected chi connectivity index (χ2v) is 8.54. The zero-order chi connectivity index (χ0) is 22.7. The third kappa shape index (κ3) is 5.92. The lowest BCUT2D eigenvalue weighted by molar-refractivity contribution is -0.137. The highest BCUT2D eigenvalue weighted by Crippen LogP contribution is 2.30. The summed E-state index contributed by atoms with van der Waals surface area (Å²) in [7, 11) is -2.65. The van der Waals surface area contributed by atoms with Gasteiger partial charge in [-0.1, -0.05) is 6.07 Å². The molecule has 0 aliphatic carbocycles. The van der Waals surface area contributed by atoms with Crippen molar-refractivity contribution in [1.29, 1.82) is 0 Å². The topological polar surface area (TPSA) is 78.5 Å². The number of nitrogens with zero attached hydrogens (tertiary/aromatic N) is 1. The molecule has 0 unspecified atom stereocenters. The smallest absolute Gasteiger partial charge is 0.370 e. The minimum atomic E-state index is -4.71. The van der Waals surface area contributed by atoms with Gasteiger partial charge in [0, 0.05) is 18.8 Å². The fraction of sp³-hybridized carbons (Fsp3) is 0.316. The zero-order valence-electron chi connectivity index (χ0n) is 16.4. The fourth-order valence-electron chi connectivity index (χ4n) is 2.44. The Balaban J connectivity index is 2.05. The van der Waals surface area contributed by atoms with Crippen LogP contribution in [0.3, 0.4) is 0 Å². The van der Waals surface area contributed by atoms with Crippen molar-refractivity contribution in [3.05, 3.63) is 53.8 Å². The molecule has 0 aliphatic heterocycles. The largest absolute Gasteiger partial charge is 0.416 e. The molecule has 0 fully saturated rings. The molecule has 164 valence electrons. The van der Waals surface area contributed by atoms with Crippen molar-refractivity contribution in [1.82, 2.24) is 4.72 Å². The van der Waals surface area contributed by atoms with E-state index in [-0.39, 0.29) is 11.7 Å². The predicted molar refractivity (Wildman–Crippen MR) is 105 cm³/mol. The van der Waals surface area contributed by atoms with Gasteiger partial charge in [-0.25, -0.2) is 17.5 Å². The van der Waals surface area contributed by atoms with E-state index in [9.17, 15) is 30.8 Å². The van der Waals surface area contributed by atoms with Crippen molar-refractivity contribution >= 4 is 27.3 Å². The summed E-state index contributed by atoms with van der Waals surface area (Å²) in [5, 5.41) is 2.33. The maximum atomic E-state index is 14.2. The number of hydrogen-bond acceptors (Lipinski definition) is 4. The van der Waals surface area contributed by atoms with Crippen molar-refractivity contribution in [2.45, 2.75) is 31.0 Å². The van der Waals surface area contributed by atoms with Gasteiger partial charge >= 0.3 is 6.18 Å². The van der Waals surface area contributed by atoms with Crippen molar-refractivity contribution in [2.24, 2.45) is 0 Å². The molecule has 0 atom stereocenters. The Kier molecular flexibility index (Phi) is 7.09. The van der Waals surface area contributed by atoms with E-state index in [2.05, 4.69) is 5.32 Å². The normalized spacial score (nSPS) is 12.1. The average molecular weight is 447 g/mol. The van der Waals surface area contributed by atoms with Gasteiger partial charge in [0.1, 0.15) is 5.82 Å². The summed E-state index contributed by atoms with van der Waals surface area (Å²) in [6.45, 7) is 3.02. The molecule has 0 heterocycles. The van der Waals surface area contributed by atoms with Crippen LogP contribution < -0.4 is 14.9 Å². The van der Waals surface area contributed by atoms with Crippen LogP contribution in [0.5, 0.6) is 0 Å². The molecule has 0 radical (unpaired) electrons. The first-order valence-corrected chi connectivity index (χ1v) is 10.3. The van der Waals surface area contributed by atoms with E-state index in [1.54, 1.807) is 11.9 Å². The van der Waals surface area contributed by atoms with E-state index >= 15 is 0 Å². The van der Waals surface area contributed by atoms with Gasteiger partial charge in [-0.05, 0) is 50.2 Å². The number of alkyl halides is 3. The molecule has 11 heteroatoms. The number of halogens is 4. The Labute approximate surface area is 171 Å². The van der Waals surface area contributed by atoms with Crippen molar-refractivity contribution < 1.29 is 30.8 Å². The molecule has 2 rings (SSSR count). The van der Waals surface area contributed by atoms with Crippen LogP contribution in [0.1, 0.15) is 19.4 Å². The number of benzene rings is 2. The van der Waals surface area contributed by atoms with E-state index < -0.39 is 44.9 Å². The van der Waals surface area contributed by atoms with Gasteiger partial charge in [0.15, 0.2) is 0 Å². The van der Waals surface area contributed by atoms with E-state index in [1.807, 2.05) is 18.6 Å². The summed E-state index contributed by atoms with van der Waals surface area (Å²) >= 11 is 0. The summed E-state index contributed by atoms with van der Waals surface area (Å²) in [5.74, 6) is -1.39. The second-order valence-electron chi connectivity index (χ2n) is 6.77. The zero-order valence-corrected chi connectivity index (χ0v) is 17.2. The molecular weight excluding hydrogens is 426 g/mol. The molecule has 2 aromatic carbocycles. The number of sulfonamides is 1. The molecule has 0 bridgehead atoms. The van der Waals surface area contributed by atoms with E-state index in [1.165, 1.54) is 12.1 Å². The Morgan fingerprint density at radius 2 is 1.80 bits per heavy atom. The molecule has 0 saturated heterocycles. The Bertz CT molecular complexity index is 1020. The summed E-state index contributed by atoms with van der Waals surface area (Å²) in [6.07, 6.45) is -4.71. The summed E-state index contributed by atoms with van der Waals surface area (Å²) in [5.41, 5.74) is -0.693. The minimum Gasteiger partial charge on any atom is -0.370 e. The molecule has 0 spiro atoms. The lowest BCUT2D eigenvalue weighted by Crippen LogP contribution is -2.33. The quantitative estimate of drug-likeness (QED) is 0.636. The Morgan fingerprint density at radius 3 is 2.37 bits per heavy atom. The summed E-state index contributed by atoms with van der Waals surface area (Å²) < 4.78 is 78.8. The van der Waals surface area contributed by atoms with Crippen LogP contribution >= 0.6 is 0 Å². The number of anilines is 2. The van der Waals surface area contributed by atoms with Crippen LogP contribution in [0.4, 0.5) is 28.9 Å². The molecule has 2 aromatic rings. The predicted octanol–water partition coefficient (Wildman–Crippen LogP) is 3.61. The molecular formula is C19H21F4N3O3S. The number of hydrogen-bond donors (Lipinski definition) is 2. The highest BCUT2D eigenvalue weighted by atomic mass is 32.2. The van der Waals surface area contributed by atoms with Gasteiger partial charge in [-0.3, -0.25) is 4.79 Å². The molecule has 0 aliphatic rings. The van der Waals surface area contributed by atoms with Crippen molar-refractivity contribution in [3.63, 3.8) is 0 Å². The van der Waals surface area contributed by atoms with E-state index in [0.29, 0.717) is 11.8 Å². The Morgan fingerprint density at radius 1 is 1.13 bits per heavy atom. The van der Waals surface area contributed by atoms with Gasteiger partial charge in [0.25, 0.3) is 0 Å². The van der Waals surface area contributed by atoms with Crippen molar-refractivity contribution in [2.75, 3.05) is 23.8 Å². The van der Waals surface area contributed by atoms with Crippen molar-refractivity contribution in [3.8, 4) is 0 Å². The first kappa shape index (κ1) is 23.6. The summed E-state index contributed by atoms with van der Waals surface area (Å²) in [4.78, 5) is 13.1. The monoisotopic (exact) mass is 447 g/mol. The molecule has 6 nitrogen and oxygen atoms in total. The second kappa shape index (κ2) is 9.00. The van der Waals surface area contributed by atoms with Gasteiger partial charge in [0.2, 0.25) is 15.9 Å². The molecule has 0 aromatic heterocycles. The Hall–Kier alpha value is -2.66. The van der Waals surface area contributed by atoms with Crippen LogP contribution in [0.25, 0.3) is 0 Å². The van der Waals surface area contributed by atoms with Gasteiger partial charge in [-0.2, -0.15) is 13.2 Å². The summed E-state index contributed by atoms with van der Waals surface area (Å²) in [6, 6.07) is 7.21. The fourth-order valence-corrected chi connectivity index (χ4v) is 3.47. The third-order valence-corrected chi connectivity index (χ3v) is 5.68. The van der Waals surface area contributed by atoms with Gasteiger partial charge in [0.05, 0.1) is 22.7 Å². The highest BCUT2D eigenvalue weighted by Gasteiger charge is 2.31. The molecule has 30 heavy (non-hydrogen) atoms. The van der Waals surface area contributed by atoms with Crippen LogP contribution in [-0.2, 0) is 21.0 Å². The first-order valence-electron chi connectivity index (χ1n) is 8.80. The number of rotatable bonds is 7. The average Bonchev–Trinajstić information content (AvgIpc) is 2.65. The van der Waals surface area contributed by atoms with Crippen LogP contribution in [0.2, 0.25) is 0 Å². The number of carbonyl (C=O) groups excluding carboxylic acids is 1. The highest BCUT2D eigenvalue weighted by molar-refractivity contribution is 7.89. The lowest BCUT2D eigenvalue weighted by Gasteiger charge is -2.24. The minimum absolute atomic E-state index is 0.0465. The van der Waals surface area contributed by atoms with Crippen LogP contribution in [0.15, 0.2) is 47.4 Å². The maximum Gasteiger partial charge on any atom is 0.416 e. The van der Waals surface area contributed by atoms with E-state index in [4.69, 9.17) is 0 Å². The third-order valence-electron chi connectivity index (χ3n) is 4.28. The van der Waals surface area contributed by atoms with Crippen LogP contribution in [-0.4, -0.2) is 34.0 Å². The first-order chi connectivity index (χ1) is 13.8. The molecule has 0 saturated carbocycles. The molecule has 2 N–H and O–H groups in total. The number of nitrogens with one attached hydrogen (secondary N) is 2. The standard InChI is InChI=1S/C19H21F4N3O3S/c1-12(2)26(3)17-8-7-14(10-16(17)20)25-18(27)11-24-30(28,29)15-6-4-5-13(9-15)19(21,22)23/h4-10,12,24H,11H2,1-3H3,(H,25,27). The maximum absolute atomic E-state index is 14.2. The SMILES string of the molecule is CC(C)N(C)c1ccc(NC(=O)CNS(=O)(=O)c2cccc(C(F)(F)F)c2)cc1F.